The minimum atomic E-state index is -0.194. The van der Waals surface area contributed by atoms with Crippen LogP contribution >= 0.6 is 0 Å². The summed E-state index contributed by atoms with van der Waals surface area (Å²) in [6.07, 6.45) is 8.73. The van der Waals surface area contributed by atoms with Crippen LogP contribution in [0.2, 0.25) is 0 Å². The van der Waals surface area contributed by atoms with Crippen molar-refractivity contribution >= 4 is 17.7 Å². The van der Waals surface area contributed by atoms with E-state index in [4.69, 9.17) is 4.74 Å². The summed E-state index contributed by atoms with van der Waals surface area (Å²) in [5, 5.41) is 2.89. The molecule has 1 amide bonds. The van der Waals surface area contributed by atoms with Gasteiger partial charge in [0, 0.05) is 18.5 Å². The molecule has 138 valence electrons. The molecule has 0 aliphatic rings. The minimum absolute atomic E-state index is 0.194. The van der Waals surface area contributed by atoms with E-state index < -0.39 is 0 Å². The van der Waals surface area contributed by atoms with Crippen LogP contribution in [0.5, 0.6) is 5.75 Å². The van der Waals surface area contributed by atoms with Crippen molar-refractivity contribution in [3.8, 4) is 5.75 Å². The second-order valence-corrected chi connectivity index (χ2v) is 6.33. The summed E-state index contributed by atoms with van der Waals surface area (Å²) < 4.78 is 7.76. The first-order valence-corrected chi connectivity index (χ1v) is 8.86. The highest BCUT2D eigenvalue weighted by Gasteiger charge is 2.06. The van der Waals surface area contributed by atoms with E-state index in [-0.39, 0.29) is 5.91 Å². The molecule has 1 N–H and O–H groups in total. The molecule has 2 aromatic carbocycles. The Kier molecular flexibility index (Phi) is 6.05. The van der Waals surface area contributed by atoms with Crippen molar-refractivity contribution in [3.63, 3.8) is 0 Å². The fraction of sp³-hybridized carbons (Fsp3) is 0.182. The van der Waals surface area contributed by atoms with Crippen LogP contribution in [0, 0.1) is 13.8 Å². The quantitative estimate of drug-likeness (QED) is 0.641. The van der Waals surface area contributed by atoms with Gasteiger partial charge in [0.2, 0.25) is 5.91 Å². The zero-order valence-corrected chi connectivity index (χ0v) is 15.6. The van der Waals surface area contributed by atoms with E-state index in [0.717, 1.165) is 11.1 Å². The van der Waals surface area contributed by atoms with E-state index in [1.165, 1.54) is 5.56 Å². The molecule has 0 bridgehead atoms. The van der Waals surface area contributed by atoms with Crippen LogP contribution in [0.25, 0.3) is 6.08 Å². The number of para-hydroxylation sites is 2. The fourth-order valence-corrected chi connectivity index (χ4v) is 2.73. The number of nitrogens with zero attached hydrogens (tertiary/aromatic N) is 2. The monoisotopic (exact) mass is 361 g/mol. The average molecular weight is 361 g/mol. The smallest absolute Gasteiger partial charge is 0.248 e. The van der Waals surface area contributed by atoms with Gasteiger partial charge in [0.15, 0.2) is 0 Å². The highest BCUT2D eigenvalue weighted by molar-refractivity contribution is 6.02. The molecule has 3 rings (SSSR count). The number of benzene rings is 2. The van der Waals surface area contributed by atoms with Gasteiger partial charge < -0.3 is 14.6 Å². The number of amides is 1. The number of hydrogen-bond acceptors (Lipinski definition) is 3. The summed E-state index contributed by atoms with van der Waals surface area (Å²) >= 11 is 0. The zero-order chi connectivity index (χ0) is 19.1. The van der Waals surface area contributed by atoms with Gasteiger partial charge in [0.1, 0.15) is 12.4 Å². The van der Waals surface area contributed by atoms with Gasteiger partial charge in [-0.15, -0.1) is 0 Å². The molecule has 0 fully saturated rings. The number of ether oxygens (including phenoxy) is 1. The highest BCUT2D eigenvalue weighted by Crippen LogP contribution is 2.24. The lowest BCUT2D eigenvalue weighted by atomic mass is 10.1. The third kappa shape index (κ3) is 5.31. The summed E-state index contributed by atoms with van der Waals surface area (Å²) in [6, 6.07) is 13.6. The molecule has 1 aromatic heterocycles. The lowest BCUT2D eigenvalue weighted by molar-refractivity contribution is -0.111. The van der Waals surface area contributed by atoms with Crippen molar-refractivity contribution < 1.29 is 9.53 Å². The maximum absolute atomic E-state index is 12.3. The lowest BCUT2D eigenvalue weighted by Crippen LogP contribution is -2.11. The van der Waals surface area contributed by atoms with E-state index in [0.29, 0.717) is 24.6 Å². The van der Waals surface area contributed by atoms with Crippen LogP contribution in [0.15, 0.2) is 67.3 Å². The van der Waals surface area contributed by atoms with Crippen molar-refractivity contribution in [2.24, 2.45) is 0 Å². The Morgan fingerprint density at radius 2 is 2.07 bits per heavy atom. The first-order chi connectivity index (χ1) is 13.1. The molecular formula is C22H23N3O2. The Balaban J connectivity index is 1.61. The average Bonchev–Trinajstić information content (AvgIpc) is 3.16. The Hall–Kier alpha value is -3.34. The number of carbonyl (C=O) groups is 1. The van der Waals surface area contributed by atoms with Crippen molar-refractivity contribution in [1.29, 1.82) is 0 Å². The van der Waals surface area contributed by atoms with Crippen LogP contribution in [-0.2, 0) is 11.3 Å². The van der Waals surface area contributed by atoms with Crippen molar-refractivity contribution in [2.75, 3.05) is 11.9 Å². The summed E-state index contributed by atoms with van der Waals surface area (Å²) in [5.41, 5.74) is 4.03. The Labute approximate surface area is 159 Å². The number of nitrogens with one attached hydrogen (secondary N) is 1. The predicted molar refractivity (Wildman–Crippen MR) is 108 cm³/mol. The van der Waals surface area contributed by atoms with E-state index >= 15 is 0 Å². The van der Waals surface area contributed by atoms with Crippen LogP contribution in [0.3, 0.4) is 0 Å². The number of aryl methyl sites for hydroxylation is 2. The molecule has 0 aliphatic heterocycles. The summed E-state index contributed by atoms with van der Waals surface area (Å²) in [4.78, 5) is 16.3. The van der Waals surface area contributed by atoms with E-state index in [1.54, 1.807) is 18.6 Å². The maximum Gasteiger partial charge on any atom is 0.248 e. The second kappa shape index (κ2) is 8.85. The second-order valence-electron chi connectivity index (χ2n) is 6.33. The number of imidazole rings is 1. The van der Waals surface area contributed by atoms with Gasteiger partial charge in [0.25, 0.3) is 0 Å². The maximum atomic E-state index is 12.3. The van der Waals surface area contributed by atoms with Gasteiger partial charge in [-0.2, -0.15) is 0 Å². The molecule has 0 aliphatic carbocycles. The summed E-state index contributed by atoms with van der Waals surface area (Å²) in [5.74, 6) is 0.450. The molecule has 0 spiro atoms. The van der Waals surface area contributed by atoms with Crippen LogP contribution in [-0.4, -0.2) is 22.1 Å². The van der Waals surface area contributed by atoms with E-state index in [9.17, 15) is 4.79 Å². The largest absolute Gasteiger partial charge is 0.490 e. The molecule has 5 heteroatoms. The van der Waals surface area contributed by atoms with Gasteiger partial charge in [-0.05, 0) is 43.2 Å². The molecular weight excluding hydrogens is 338 g/mol. The number of rotatable bonds is 7. The number of hydrogen-bond donors (Lipinski definition) is 1. The van der Waals surface area contributed by atoms with Gasteiger partial charge in [0.05, 0.1) is 18.6 Å². The lowest BCUT2D eigenvalue weighted by Gasteiger charge is -2.12. The first kappa shape index (κ1) is 18.5. The zero-order valence-electron chi connectivity index (χ0n) is 15.6. The van der Waals surface area contributed by atoms with Crippen LogP contribution < -0.4 is 10.1 Å². The predicted octanol–water partition coefficient (Wildman–Crippen LogP) is 4.23. The number of aromatic nitrogens is 2. The normalized spacial score (nSPS) is 10.9. The molecule has 0 saturated carbocycles. The molecule has 0 atom stereocenters. The number of anilines is 1. The molecule has 0 radical (unpaired) electrons. The topological polar surface area (TPSA) is 56.1 Å². The summed E-state index contributed by atoms with van der Waals surface area (Å²) in [6.45, 7) is 5.27. The number of carbonyl (C=O) groups excluding carboxylic acids is 1. The molecule has 3 aromatic rings. The van der Waals surface area contributed by atoms with Gasteiger partial charge in [-0.25, -0.2) is 4.98 Å². The van der Waals surface area contributed by atoms with Crippen LogP contribution in [0.1, 0.15) is 16.7 Å². The molecule has 0 unspecified atom stereocenters. The van der Waals surface area contributed by atoms with Gasteiger partial charge in [-0.1, -0.05) is 35.9 Å². The van der Waals surface area contributed by atoms with Crippen molar-refractivity contribution in [3.05, 3.63) is 84.0 Å². The first-order valence-electron chi connectivity index (χ1n) is 8.86. The summed E-state index contributed by atoms with van der Waals surface area (Å²) in [7, 11) is 0. The van der Waals surface area contributed by atoms with Crippen molar-refractivity contribution in [2.45, 2.75) is 20.4 Å². The Morgan fingerprint density at radius 1 is 1.22 bits per heavy atom. The minimum Gasteiger partial charge on any atom is -0.490 e. The SMILES string of the molecule is Cc1ccc(/C=C/C(=O)Nc2ccccc2OCCn2ccnc2)c(C)c1. The fourth-order valence-electron chi connectivity index (χ4n) is 2.73. The van der Waals surface area contributed by atoms with Crippen LogP contribution in [0.4, 0.5) is 5.69 Å². The molecule has 27 heavy (non-hydrogen) atoms. The van der Waals surface area contributed by atoms with Gasteiger partial charge >= 0.3 is 0 Å². The third-order valence-corrected chi connectivity index (χ3v) is 4.15. The molecule has 1 heterocycles. The van der Waals surface area contributed by atoms with E-state index in [2.05, 4.69) is 23.3 Å². The highest BCUT2D eigenvalue weighted by atomic mass is 16.5. The van der Waals surface area contributed by atoms with Gasteiger partial charge in [-0.3, -0.25) is 4.79 Å². The third-order valence-electron chi connectivity index (χ3n) is 4.15. The Bertz CT molecular complexity index is 930. The Morgan fingerprint density at radius 3 is 2.85 bits per heavy atom. The van der Waals surface area contributed by atoms with E-state index in [1.807, 2.05) is 60.2 Å². The molecule has 5 nitrogen and oxygen atoms in total. The molecule has 0 saturated heterocycles. The standard InChI is InChI=1S/C22H23N3O2/c1-17-7-8-19(18(2)15-17)9-10-22(26)24-20-5-3-4-6-21(20)27-14-13-25-12-11-23-16-25/h3-12,15-16H,13-14H2,1-2H3,(H,24,26)/b10-9+. The van der Waals surface area contributed by atoms with Crippen molar-refractivity contribution in [1.82, 2.24) is 9.55 Å².